The Morgan fingerprint density at radius 1 is 1.11 bits per heavy atom. The number of aromatic nitrogens is 1. The van der Waals surface area contributed by atoms with Crippen molar-refractivity contribution in [2.45, 2.75) is 27.3 Å². The molecule has 28 heavy (non-hydrogen) atoms. The lowest BCUT2D eigenvalue weighted by Crippen LogP contribution is -2.22. The number of phenols is 1. The third kappa shape index (κ3) is 4.11. The molecule has 0 atom stereocenters. The van der Waals surface area contributed by atoms with Gasteiger partial charge in [-0.1, -0.05) is 25.4 Å². The number of anilines is 2. The molecule has 0 saturated carbocycles. The summed E-state index contributed by atoms with van der Waals surface area (Å²) in [7, 11) is 0. The summed E-state index contributed by atoms with van der Waals surface area (Å²) in [6, 6.07) is 12.6. The van der Waals surface area contributed by atoms with Crippen LogP contribution in [0.15, 0.2) is 42.5 Å². The lowest BCUT2D eigenvalue weighted by molar-refractivity contribution is -0.106. The number of hydrogen-bond donors (Lipinski definition) is 1. The third-order valence-corrected chi connectivity index (χ3v) is 5.11. The van der Waals surface area contributed by atoms with Gasteiger partial charge in [0.15, 0.2) is 0 Å². The molecule has 0 saturated heterocycles. The molecule has 0 bridgehead atoms. The monoisotopic (exact) mass is 397 g/mol. The van der Waals surface area contributed by atoms with E-state index in [9.17, 15) is 9.90 Å². The van der Waals surface area contributed by atoms with Gasteiger partial charge in [0.05, 0.1) is 11.2 Å². The number of fused-ring (bicyclic) bond motifs is 1. The molecule has 0 fully saturated rings. The van der Waals surface area contributed by atoms with Crippen LogP contribution < -0.4 is 4.90 Å². The Morgan fingerprint density at radius 3 is 2.54 bits per heavy atom. The molecule has 1 aromatic heterocycles. The molecular formula is C22H24ClN3O2. The van der Waals surface area contributed by atoms with Crippen molar-refractivity contribution in [3.8, 4) is 5.75 Å². The van der Waals surface area contributed by atoms with Crippen LogP contribution in [0.2, 0.25) is 5.02 Å². The first-order valence-electron chi connectivity index (χ1n) is 9.32. The van der Waals surface area contributed by atoms with Gasteiger partial charge in [0.2, 0.25) is 6.41 Å². The van der Waals surface area contributed by atoms with Crippen LogP contribution in [-0.2, 0) is 11.3 Å². The van der Waals surface area contributed by atoms with Gasteiger partial charge in [-0.05, 0) is 62.5 Å². The summed E-state index contributed by atoms with van der Waals surface area (Å²) in [6.45, 7) is 8.43. The van der Waals surface area contributed by atoms with Crippen molar-refractivity contribution in [2.75, 3.05) is 18.0 Å². The maximum Gasteiger partial charge on any atom is 0.218 e. The van der Waals surface area contributed by atoms with E-state index in [1.54, 1.807) is 29.2 Å². The quantitative estimate of drug-likeness (QED) is 0.567. The fourth-order valence-corrected chi connectivity index (χ4v) is 3.47. The molecule has 1 heterocycles. The second-order valence-corrected chi connectivity index (χ2v) is 7.13. The predicted octanol–water partition coefficient (Wildman–Crippen LogP) is 5.04. The smallest absolute Gasteiger partial charge is 0.218 e. The van der Waals surface area contributed by atoms with Crippen LogP contribution in [0.25, 0.3) is 10.9 Å². The summed E-state index contributed by atoms with van der Waals surface area (Å²) in [5.41, 5.74) is 3.73. The maximum atomic E-state index is 12.1. The highest BCUT2D eigenvalue weighted by Crippen LogP contribution is 2.34. The highest BCUT2D eigenvalue weighted by Gasteiger charge is 2.16. The largest absolute Gasteiger partial charge is 0.508 e. The fraction of sp³-hybridized carbons (Fsp3) is 0.273. The Balaban J connectivity index is 2.10. The van der Waals surface area contributed by atoms with Gasteiger partial charge in [0, 0.05) is 33.9 Å². The molecule has 1 amide bonds. The number of aryl methyl sites for hydroxylation is 1. The van der Waals surface area contributed by atoms with Crippen molar-refractivity contribution >= 4 is 40.3 Å². The number of halogens is 1. The molecule has 5 nitrogen and oxygen atoms in total. The number of carbonyl (C=O) groups is 1. The molecule has 146 valence electrons. The molecule has 3 aromatic rings. The van der Waals surface area contributed by atoms with Crippen LogP contribution in [0.5, 0.6) is 5.75 Å². The van der Waals surface area contributed by atoms with E-state index < -0.39 is 0 Å². The van der Waals surface area contributed by atoms with Crippen LogP contribution in [0.1, 0.15) is 25.1 Å². The lowest BCUT2D eigenvalue weighted by Gasteiger charge is -2.23. The minimum Gasteiger partial charge on any atom is -0.508 e. The Hall–Kier alpha value is -2.63. The second-order valence-electron chi connectivity index (χ2n) is 6.69. The summed E-state index contributed by atoms with van der Waals surface area (Å²) in [4.78, 5) is 20.4. The van der Waals surface area contributed by atoms with E-state index in [0.29, 0.717) is 17.3 Å². The summed E-state index contributed by atoms with van der Waals surface area (Å²) >= 11 is 6.11. The fourth-order valence-electron chi connectivity index (χ4n) is 3.30. The average molecular weight is 398 g/mol. The first-order valence-corrected chi connectivity index (χ1v) is 9.70. The number of rotatable bonds is 7. The number of hydrogen-bond acceptors (Lipinski definition) is 4. The molecule has 0 unspecified atom stereocenters. The number of carbonyl (C=O) groups excluding carboxylic acids is 1. The molecule has 0 radical (unpaired) electrons. The minimum absolute atomic E-state index is 0.226. The molecule has 0 aliphatic rings. The van der Waals surface area contributed by atoms with Gasteiger partial charge in [0.1, 0.15) is 5.75 Å². The topological polar surface area (TPSA) is 56.7 Å². The van der Waals surface area contributed by atoms with Crippen molar-refractivity contribution in [1.29, 1.82) is 0 Å². The van der Waals surface area contributed by atoms with Gasteiger partial charge in [-0.3, -0.25) is 19.6 Å². The van der Waals surface area contributed by atoms with Crippen LogP contribution in [-0.4, -0.2) is 34.5 Å². The summed E-state index contributed by atoms with van der Waals surface area (Å²) in [5.74, 6) is 0.226. The summed E-state index contributed by atoms with van der Waals surface area (Å²) in [5, 5.41) is 11.7. The summed E-state index contributed by atoms with van der Waals surface area (Å²) in [6.07, 6.45) is 0.788. The van der Waals surface area contributed by atoms with Gasteiger partial charge in [-0.15, -0.1) is 0 Å². The highest BCUT2D eigenvalue weighted by molar-refractivity contribution is 6.31. The standard InChI is InChI=1S/C22H24ClN3O2/c1-4-25(5-2)13-16-11-18(7-9-22(16)28)26(14-27)21-10-15(3)24-20-12-17(23)6-8-19(20)21/h6-12,14,28H,4-5,13H2,1-3H3. The molecular weight excluding hydrogens is 374 g/mol. The number of benzene rings is 2. The SMILES string of the molecule is CCN(CC)Cc1cc(N(C=O)c2cc(C)nc3cc(Cl)ccc23)ccc1O. The minimum atomic E-state index is 0.226. The highest BCUT2D eigenvalue weighted by atomic mass is 35.5. The van der Waals surface area contributed by atoms with Crippen molar-refractivity contribution in [3.05, 3.63) is 58.7 Å². The Kier molecular flexibility index (Phi) is 6.17. The molecule has 0 aliphatic carbocycles. The van der Waals surface area contributed by atoms with Crippen LogP contribution in [0, 0.1) is 6.92 Å². The van der Waals surface area contributed by atoms with Gasteiger partial charge in [0.25, 0.3) is 0 Å². The number of phenolic OH excluding ortho intramolecular Hbond substituents is 1. The predicted molar refractivity (Wildman–Crippen MR) is 114 cm³/mol. The molecule has 2 aromatic carbocycles. The normalized spacial score (nSPS) is 11.2. The van der Waals surface area contributed by atoms with Gasteiger partial charge < -0.3 is 5.11 Å². The Morgan fingerprint density at radius 2 is 1.86 bits per heavy atom. The van der Waals surface area contributed by atoms with Crippen molar-refractivity contribution in [2.24, 2.45) is 0 Å². The van der Waals surface area contributed by atoms with Crippen LogP contribution >= 0.6 is 11.6 Å². The first kappa shape index (κ1) is 20.1. The lowest BCUT2D eigenvalue weighted by atomic mass is 10.1. The molecule has 0 aliphatic heterocycles. The van der Waals surface area contributed by atoms with E-state index in [-0.39, 0.29) is 5.75 Å². The zero-order valence-electron chi connectivity index (χ0n) is 16.3. The van der Waals surface area contributed by atoms with E-state index in [1.165, 1.54) is 0 Å². The van der Waals surface area contributed by atoms with E-state index in [1.807, 2.05) is 25.1 Å². The number of amides is 1. The number of pyridine rings is 1. The first-order chi connectivity index (χ1) is 13.5. The van der Waals surface area contributed by atoms with Crippen LogP contribution in [0.4, 0.5) is 11.4 Å². The third-order valence-electron chi connectivity index (χ3n) is 4.87. The van der Waals surface area contributed by atoms with E-state index in [0.717, 1.165) is 47.3 Å². The Labute approximate surface area is 170 Å². The van der Waals surface area contributed by atoms with Crippen molar-refractivity contribution in [3.63, 3.8) is 0 Å². The zero-order valence-corrected chi connectivity index (χ0v) is 17.1. The molecule has 6 heteroatoms. The van der Waals surface area contributed by atoms with E-state index in [4.69, 9.17) is 11.6 Å². The van der Waals surface area contributed by atoms with E-state index >= 15 is 0 Å². The average Bonchev–Trinajstić information content (AvgIpc) is 2.68. The molecule has 0 spiro atoms. The van der Waals surface area contributed by atoms with Crippen molar-refractivity contribution in [1.82, 2.24) is 9.88 Å². The Bertz CT molecular complexity index is 997. The number of aromatic hydroxyl groups is 1. The zero-order chi connectivity index (χ0) is 20.3. The maximum absolute atomic E-state index is 12.1. The molecule has 3 rings (SSSR count). The van der Waals surface area contributed by atoms with Gasteiger partial charge in [-0.2, -0.15) is 0 Å². The number of nitrogens with zero attached hydrogens (tertiary/aromatic N) is 3. The second kappa shape index (κ2) is 8.59. The van der Waals surface area contributed by atoms with E-state index in [2.05, 4.69) is 23.7 Å². The summed E-state index contributed by atoms with van der Waals surface area (Å²) < 4.78 is 0. The molecule has 1 N–H and O–H groups in total. The van der Waals surface area contributed by atoms with Crippen molar-refractivity contribution < 1.29 is 9.90 Å². The van der Waals surface area contributed by atoms with Gasteiger partial charge >= 0.3 is 0 Å². The van der Waals surface area contributed by atoms with Gasteiger partial charge in [-0.25, -0.2) is 0 Å². The van der Waals surface area contributed by atoms with Crippen LogP contribution in [0.3, 0.4) is 0 Å².